The van der Waals surface area contributed by atoms with Crippen molar-refractivity contribution in [3.05, 3.63) is 82.4 Å². The van der Waals surface area contributed by atoms with Gasteiger partial charge in [-0.3, -0.25) is 0 Å². The van der Waals surface area contributed by atoms with Gasteiger partial charge in [0.2, 0.25) is 0 Å². The van der Waals surface area contributed by atoms with Crippen molar-refractivity contribution in [1.29, 1.82) is 0 Å². The van der Waals surface area contributed by atoms with Gasteiger partial charge in [0.15, 0.2) is 5.60 Å². The highest BCUT2D eigenvalue weighted by atomic mass is 16.6. The number of aryl methyl sites for hydroxylation is 1. The predicted molar refractivity (Wildman–Crippen MR) is 118 cm³/mol. The van der Waals surface area contributed by atoms with Gasteiger partial charge in [-0.15, -0.1) is 0 Å². The van der Waals surface area contributed by atoms with Crippen LogP contribution in [-0.2, 0) is 10.3 Å². The molecule has 0 atom stereocenters. The summed E-state index contributed by atoms with van der Waals surface area (Å²) in [6.45, 7) is 1.98. The van der Waals surface area contributed by atoms with Gasteiger partial charge in [-0.25, -0.2) is 4.79 Å². The summed E-state index contributed by atoms with van der Waals surface area (Å²) in [4.78, 5) is 17.0. The second kappa shape index (κ2) is 6.26. The first kappa shape index (κ1) is 18.6. The van der Waals surface area contributed by atoms with Crippen LogP contribution in [0.1, 0.15) is 32.6 Å². The summed E-state index contributed by atoms with van der Waals surface area (Å²) in [7, 11) is 7.97. The number of hydrogen-bond acceptors (Lipinski definition) is 5. The van der Waals surface area contributed by atoms with Crippen LogP contribution in [0.5, 0.6) is 11.5 Å². The van der Waals surface area contributed by atoms with Crippen molar-refractivity contribution in [2.45, 2.75) is 12.5 Å². The van der Waals surface area contributed by atoms with Crippen LogP contribution in [0, 0.1) is 6.92 Å². The Kier molecular flexibility index (Phi) is 3.87. The molecule has 0 radical (unpaired) electrons. The van der Waals surface area contributed by atoms with E-state index in [0.29, 0.717) is 17.1 Å². The first-order valence-electron chi connectivity index (χ1n) is 9.97. The lowest BCUT2D eigenvalue weighted by molar-refractivity contribution is 0.0224. The lowest BCUT2D eigenvalue weighted by Gasteiger charge is -2.37. The Labute approximate surface area is 176 Å². The third-order valence-electron chi connectivity index (χ3n) is 5.96. The fraction of sp³-hybridized carbons (Fsp3) is 0.240. The number of benzene rings is 3. The van der Waals surface area contributed by atoms with Gasteiger partial charge in [0.05, 0.1) is 5.56 Å². The maximum Gasteiger partial charge on any atom is 0.340 e. The van der Waals surface area contributed by atoms with Gasteiger partial charge < -0.3 is 19.3 Å². The van der Waals surface area contributed by atoms with E-state index in [9.17, 15) is 4.79 Å². The molecule has 0 aliphatic carbocycles. The number of fused-ring (bicyclic) bond motifs is 6. The quantitative estimate of drug-likeness (QED) is 0.584. The van der Waals surface area contributed by atoms with Crippen LogP contribution in [0.3, 0.4) is 0 Å². The predicted octanol–water partition coefficient (Wildman–Crippen LogP) is 4.70. The van der Waals surface area contributed by atoms with Gasteiger partial charge in [-0.05, 0) is 37.3 Å². The number of carbonyl (C=O) groups excluding carboxylic acids is 1. The summed E-state index contributed by atoms with van der Waals surface area (Å²) in [5.41, 5.74) is 5.21. The van der Waals surface area contributed by atoms with Gasteiger partial charge in [0.25, 0.3) is 0 Å². The minimum absolute atomic E-state index is 0.305. The number of carbonyl (C=O) groups is 1. The number of esters is 1. The first-order chi connectivity index (χ1) is 14.3. The molecule has 152 valence electrons. The topological polar surface area (TPSA) is 42.0 Å². The van der Waals surface area contributed by atoms with Crippen molar-refractivity contribution in [3.8, 4) is 11.5 Å². The van der Waals surface area contributed by atoms with Gasteiger partial charge in [0.1, 0.15) is 11.5 Å². The maximum atomic E-state index is 13.0. The fourth-order valence-corrected chi connectivity index (χ4v) is 4.38. The highest BCUT2D eigenvalue weighted by molar-refractivity contribution is 5.97. The van der Waals surface area contributed by atoms with E-state index < -0.39 is 5.60 Å². The Bertz CT molecular complexity index is 1140. The Morgan fingerprint density at radius 1 is 0.733 bits per heavy atom. The minimum Gasteiger partial charge on any atom is -0.456 e. The number of nitrogens with zero attached hydrogens (tertiary/aromatic N) is 2. The summed E-state index contributed by atoms with van der Waals surface area (Å²) in [6.07, 6.45) is 0. The zero-order valence-electron chi connectivity index (χ0n) is 17.8. The molecule has 5 rings (SSSR count). The van der Waals surface area contributed by atoms with Gasteiger partial charge >= 0.3 is 5.97 Å². The highest BCUT2D eigenvalue weighted by Gasteiger charge is 2.53. The number of rotatable bonds is 2. The minimum atomic E-state index is -1.02. The van der Waals surface area contributed by atoms with Crippen molar-refractivity contribution in [1.82, 2.24) is 0 Å². The van der Waals surface area contributed by atoms with Crippen molar-refractivity contribution in [2.75, 3.05) is 38.0 Å². The average Bonchev–Trinajstić information content (AvgIpc) is 2.99. The van der Waals surface area contributed by atoms with Crippen LogP contribution in [-0.4, -0.2) is 34.2 Å². The lowest BCUT2D eigenvalue weighted by Crippen LogP contribution is -2.33. The molecule has 2 aliphatic heterocycles. The van der Waals surface area contributed by atoms with E-state index in [2.05, 4.69) is 0 Å². The molecule has 0 N–H and O–H groups in total. The zero-order valence-corrected chi connectivity index (χ0v) is 17.8. The molecule has 5 heteroatoms. The molecule has 2 heterocycles. The van der Waals surface area contributed by atoms with Gasteiger partial charge in [-0.1, -0.05) is 17.7 Å². The highest BCUT2D eigenvalue weighted by Crippen LogP contribution is 2.57. The Balaban J connectivity index is 1.84. The van der Waals surface area contributed by atoms with E-state index in [0.717, 1.165) is 33.6 Å². The Morgan fingerprint density at radius 2 is 1.27 bits per heavy atom. The molecule has 30 heavy (non-hydrogen) atoms. The summed E-state index contributed by atoms with van der Waals surface area (Å²) in [6, 6.07) is 18.0. The molecule has 0 bridgehead atoms. The molecule has 0 unspecified atom stereocenters. The zero-order chi connectivity index (χ0) is 21.2. The second-order valence-electron chi connectivity index (χ2n) is 8.37. The SMILES string of the molecule is Cc1ccc2c(c1)C(=O)OC21c2ccc(N(C)C)cc2Oc2cc(N(C)C)ccc21. The van der Waals surface area contributed by atoms with Crippen molar-refractivity contribution in [2.24, 2.45) is 0 Å². The van der Waals surface area contributed by atoms with Crippen molar-refractivity contribution < 1.29 is 14.3 Å². The summed E-state index contributed by atoms with van der Waals surface area (Å²) < 4.78 is 12.6. The van der Waals surface area contributed by atoms with Gasteiger partial charge in [0, 0.05) is 68.4 Å². The lowest BCUT2D eigenvalue weighted by atomic mass is 9.77. The maximum absolute atomic E-state index is 13.0. The third-order valence-corrected chi connectivity index (χ3v) is 5.96. The standard InChI is InChI=1S/C25H24N2O3/c1-15-6-9-19-18(12-15)24(28)30-25(19)20-10-7-16(26(2)3)13-22(20)29-23-14-17(27(4)5)8-11-21(23)25/h6-14H,1-5H3. The molecule has 1 spiro atoms. The largest absolute Gasteiger partial charge is 0.456 e. The number of ether oxygens (including phenoxy) is 2. The van der Waals surface area contributed by atoms with Crippen LogP contribution >= 0.6 is 0 Å². The van der Waals surface area contributed by atoms with E-state index >= 15 is 0 Å². The van der Waals surface area contributed by atoms with E-state index in [1.807, 2.05) is 99.5 Å². The second-order valence-corrected chi connectivity index (χ2v) is 8.37. The summed E-state index contributed by atoms with van der Waals surface area (Å²) in [5, 5.41) is 0. The first-order valence-corrected chi connectivity index (χ1v) is 9.97. The van der Waals surface area contributed by atoms with E-state index in [-0.39, 0.29) is 5.97 Å². The molecule has 0 saturated heterocycles. The molecule has 0 amide bonds. The number of hydrogen-bond donors (Lipinski definition) is 0. The third kappa shape index (κ3) is 2.45. The van der Waals surface area contributed by atoms with Crippen LogP contribution in [0.4, 0.5) is 11.4 Å². The monoisotopic (exact) mass is 400 g/mol. The van der Waals surface area contributed by atoms with Crippen LogP contribution in [0.2, 0.25) is 0 Å². The van der Waals surface area contributed by atoms with Crippen molar-refractivity contribution in [3.63, 3.8) is 0 Å². The normalized spacial score (nSPS) is 15.0. The summed E-state index contributed by atoms with van der Waals surface area (Å²) in [5.74, 6) is 1.09. The average molecular weight is 400 g/mol. The van der Waals surface area contributed by atoms with Crippen LogP contribution in [0.25, 0.3) is 0 Å². The molecular formula is C25H24N2O3. The van der Waals surface area contributed by atoms with Crippen LogP contribution < -0.4 is 14.5 Å². The number of anilines is 2. The Morgan fingerprint density at radius 3 is 1.80 bits per heavy atom. The van der Waals surface area contributed by atoms with Crippen molar-refractivity contribution >= 4 is 17.3 Å². The summed E-state index contributed by atoms with van der Waals surface area (Å²) >= 11 is 0. The van der Waals surface area contributed by atoms with E-state index in [1.165, 1.54) is 0 Å². The molecule has 0 fully saturated rings. The molecule has 2 aliphatic rings. The Hall–Kier alpha value is -3.47. The molecule has 5 nitrogen and oxygen atoms in total. The molecule has 0 aromatic heterocycles. The van der Waals surface area contributed by atoms with Gasteiger partial charge in [-0.2, -0.15) is 0 Å². The smallest absolute Gasteiger partial charge is 0.340 e. The molecular weight excluding hydrogens is 376 g/mol. The van der Waals surface area contributed by atoms with E-state index in [1.54, 1.807) is 0 Å². The van der Waals surface area contributed by atoms with E-state index in [4.69, 9.17) is 9.47 Å². The van der Waals surface area contributed by atoms with Crippen LogP contribution in [0.15, 0.2) is 54.6 Å². The molecule has 3 aromatic rings. The molecule has 0 saturated carbocycles. The fourth-order valence-electron chi connectivity index (χ4n) is 4.38. The molecule has 3 aromatic carbocycles.